The van der Waals surface area contributed by atoms with Crippen LogP contribution in [0.2, 0.25) is 0 Å². The summed E-state index contributed by atoms with van der Waals surface area (Å²) in [6, 6.07) is 4.61. The number of sulfone groups is 1. The van der Waals surface area contributed by atoms with Crippen molar-refractivity contribution >= 4 is 15.7 Å². The minimum Gasteiger partial charge on any atom is -0.348 e. The van der Waals surface area contributed by atoms with E-state index in [1.807, 2.05) is 0 Å². The monoisotopic (exact) mass is 438 g/mol. The number of aromatic nitrogens is 2. The number of benzene rings is 1. The first kappa shape index (κ1) is 22.4. The summed E-state index contributed by atoms with van der Waals surface area (Å²) in [6.45, 7) is 3.67. The van der Waals surface area contributed by atoms with Crippen LogP contribution in [0.3, 0.4) is 0 Å². The molecule has 1 aromatic carbocycles. The molecule has 1 N–H and O–H groups in total. The van der Waals surface area contributed by atoms with E-state index in [1.165, 1.54) is 37.8 Å². The molecule has 1 saturated heterocycles. The van der Waals surface area contributed by atoms with Crippen LogP contribution in [-0.2, 0) is 16.3 Å². The van der Waals surface area contributed by atoms with Crippen molar-refractivity contribution in [3.05, 3.63) is 41.8 Å². The molecule has 1 amide bonds. The standard InChI is InChI=1S/C20H27FN4O4S/c21-16-6-8-17(9-7-16)30(27,28)15-10-18-23-20(29-24-18)19(26)22-11-5-14-25-12-3-1-2-4-13-25/h6-9H,1-5,10-15H2,(H,22,26). The topological polar surface area (TPSA) is 105 Å². The Balaban J connectivity index is 1.42. The minimum atomic E-state index is -3.61. The average molecular weight is 439 g/mol. The van der Waals surface area contributed by atoms with E-state index in [0.717, 1.165) is 38.2 Å². The number of hydrogen-bond acceptors (Lipinski definition) is 7. The molecule has 0 unspecified atom stereocenters. The van der Waals surface area contributed by atoms with Crippen LogP contribution < -0.4 is 5.32 Å². The summed E-state index contributed by atoms with van der Waals surface area (Å²) in [7, 11) is -3.61. The Bertz CT molecular complexity index is 923. The number of amides is 1. The Hall–Kier alpha value is -2.33. The highest BCUT2D eigenvalue weighted by atomic mass is 32.2. The Kier molecular flexibility index (Phi) is 7.92. The summed E-state index contributed by atoms with van der Waals surface area (Å²) < 4.78 is 42.5. The third kappa shape index (κ3) is 6.60. The lowest BCUT2D eigenvalue weighted by molar-refractivity contribution is 0.0908. The Morgan fingerprint density at radius 2 is 1.83 bits per heavy atom. The van der Waals surface area contributed by atoms with Crippen LogP contribution in [0, 0.1) is 5.82 Å². The van der Waals surface area contributed by atoms with Crippen LogP contribution in [0.25, 0.3) is 0 Å². The molecular formula is C20H27FN4O4S. The van der Waals surface area contributed by atoms with Crippen molar-refractivity contribution in [1.29, 1.82) is 0 Å². The molecule has 0 saturated carbocycles. The van der Waals surface area contributed by atoms with Crippen LogP contribution >= 0.6 is 0 Å². The van der Waals surface area contributed by atoms with Crippen molar-refractivity contribution in [2.45, 2.75) is 43.4 Å². The van der Waals surface area contributed by atoms with E-state index < -0.39 is 21.6 Å². The molecule has 1 fully saturated rings. The van der Waals surface area contributed by atoms with E-state index in [2.05, 4.69) is 20.4 Å². The quantitative estimate of drug-likeness (QED) is 0.473. The molecule has 2 heterocycles. The molecule has 0 bridgehead atoms. The first-order chi connectivity index (χ1) is 14.4. The first-order valence-corrected chi connectivity index (χ1v) is 11.9. The van der Waals surface area contributed by atoms with E-state index in [1.54, 1.807) is 0 Å². The maximum Gasteiger partial charge on any atom is 0.315 e. The molecule has 0 spiro atoms. The van der Waals surface area contributed by atoms with Crippen molar-refractivity contribution in [2.75, 3.05) is 31.9 Å². The van der Waals surface area contributed by atoms with E-state index in [4.69, 9.17) is 4.52 Å². The van der Waals surface area contributed by atoms with Gasteiger partial charge < -0.3 is 14.7 Å². The number of rotatable bonds is 9. The Morgan fingerprint density at radius 3 is 2.53 bits per heavy atom. The van der Waals surface area contributed by atoms with Gasteiger partial charge in [0.15, 0.2) is 15.7 Å². The van der Waals surface area contributed by atoms with Gasteiger partial charge in [0.1, 0.15) is 5.82 Å². The van der Waals surface area contributed by atoms with Gasteiger partial charge in [-0.2, -0.15) is 4.98 Å². The SMILES string of the molecule is O=C(NCCCN1CCCCCC1)c1nc(CCS(=O)(=O)c2ccc(F)cc2)no1. The van der Waals surface area contributed by atoms with Gasteiger partial charge in [-0.1, -0.05) is 18.0 Å². The van der Waals surface area contributed by atoms with Crippen LogP contribution in [0.5, 0.6) is 0 Å². The fourth-order valence-corrected chi connectivity index (χ4v) is 4.61. The van der Waals surface area contributed by atoms with Crippen LogP contribution in [0.4, 0.5) is 4.39 Å². The van der Waals surface area contributed by atoms with Crippen LogP contribution in [0.15, 0.2) is 33.7 Å². The van der Waals surface area contributed by atoms with Crippen molar-refractivity contribution in [1.82, 2.24) is 20.4 Å². The third-order valence-electron chi connectivity index (χ3n) is 5.06. The zero-order valence-electron chi connectivity index (χ0n) is 16.8. The van der Waals surface area contributed by atoms with Gasteiger partial charge in [0.25, 0.3) is 0 Å². The number of halogens is 1. The van der Waals surface area contributed by atoms with Gasteiger partial charge in [-0.25, -0.2) is 12.8 Å². The smallest absolute Gasteiger partial charge is 0.315 e. The Labute approximate surface area is 175 Å². The van der Waals surface area contributed by atoms with Gasteiger partial charge in [0.05, 0.1) is 10.6 Å². The number of likely N-dealkylation sites (tertiary alicyclic amines) is 1. The van der Waals surface area contributed by atoms with E-state index in [-0.39, 0.29) is 28.8 Å². The molecule has 164 valence electrons. The predicted molar refractivity (Wildman–Crippen MR) is 108 cm³/mol. The summed E-state index contributed by atoms with van der Waals surface area (Å²) in [5, 5.41) is 6.44. The summed E-state index contributed by atoms with van der Waals surface area (Å²) in [5.41, 5.74) is 0. The molecular weight excluding hydrogens is 411 g/mol. The summed E-state index contributed by atoms with van der Waals surface area (Å²) in [5.74, 6) is -1.29. The molecule has 0 atom stereocenters. The lowest BCUT2D eigenvalue weighted by Gasteiger charge is -2.19. The van der Waals surface area contributed by atoms with Crippen molar-refractivity contribution in [3.8, 4) is 0 Å². The molecule has 0 radical (unpaired) electrons. The number of carbonyl (C=O) groups is 1. The minimum absolute atomic E-state index is 0.00848. The van der Waals surface area contributed by atoms with Gasteiger partial charge >= 0.3 is 11.8 Å². The molecule has 10 heteroatoms. The fourth-order valence-electron chi connectivity index (χ4n) is 3.37. The summed E-state index contributed by atoms with van der Waals surface area (Å²) in [4.78, 5) is 18.6. The molecule has 2 aromatic rings. The van der Waals surface area contributed by atoms with E-state index >= 15 is 0 Å². The molecule has 3 rings (SSSR count). The third-order valence-corrected chi connectivity index (χ3v) is 6.80. The van der Waals surface area contributed by atoms with Gasteiger partial charge in [0, 0.05) is 13.0 Å². The molecule has 1 aliphatic rings. The van der Waals surface area contributed by atoms with Crippen LogP contribution in [0.1, 0.15) is 48.6 Å². The molecule has 1 aliphatic heterocycles. The van der Waals surface area contributed by atoms with Crippen molar-refractivity contribution in [3.63, 3.8) is 0 Å². The molecule has 0 aliphatic carbocycles. The lowest BCUT2D eigenvalue weighted by atomic mass is 10.2. The zero-order chi connectivity index (χ0) is 21.4. The highest BCUT2D eigenvalue weighted by molar-refractivity contribution is 7.91. The Morgan fingerprint density at radius 1 is 1.13 bits per heavy atom. The van der Waals surface area contributed by atoms with Crippen LogP contribution in [-0.4, -0.2) is 61.3 Å². The van der Waals surface area contributed by atoms with Crippen molar-refractivity contribution in [2.24, 2.45) is 0 Å². The second-order valence-corrected chi connectivity index (χ2v) is 9.51. The van der Waals surface area contributed by atoms with E-state index in [0.29, 0.717) is 6.54 Å². The normalized spacial score (nSPS) is 15.6. The zero-order valence-corrected chi connectivity index (χ0v) is 17.7. The van der Waals surface area contributed by atoms with Gasteiger partial charge in [-0.3, -0.25) is 4.79 Å². The second-order valence-electron chi connectivity index (χ2n) is 7.40. The molecule has 8 nitrogen and oxygen atoms in total. The highest BCUT2D eigenvalue weighted by Crippen LogP contribution is 2.13. The average Bonchev–Trinajstić information content (AvgIpc) is 3.06. The number of aryl methyl sites for hydroxylation is 1. The maximum absolute atomic E-state index is 13.0. The molecule has 30 heavy (non-hydrogen) atoms. The first-order valence-electron chi connectivity index (χ1n) is 10.3. The lowest BCUT2D eigenvalue weighted by Crippen LogP contribution is -2.30. The summed E-state index contributed by atoms with van der Waals surface area (Å²) in [6.07, 6.45) is 5.87. The number of nitrogens with one attached hydrogen (secondary N) is 1. The molecule has 1 aromatic heterocycles. The van der Waals surface area contributed by atoms with Gasteiger partial charge in [-0.15, -0.1) is 0 Å². The highest BCUT2D eigenvalue weighted by Gasteiger charge is 2.19. The number of carbonyl (C=O) groups excluding carboxylic acids is 1. The summed E-state index contributed by atoms with van der Waals surface area (Å²) >= 11 is 0. The van der Waals surface area contributed by atoms with Crippen molar-refractivity contribution < 1.29 is 22.1 Å². The number of hydrogen-bond donors (Lipinski definition) is 1. The fraction of sp³-hybridized carbons (Fsp3) is 0.550. The van der Waals surface area contributed by atoms with Gasteiger partial charge in [0.2, 0.25) is 0 Å². The largest absolute Gasteiger partial charge is 0.348 e. The number of nitrogens with zero attached hydrogens (tertiary/aromatic N) is 3. The van der Waals surface area contributed by atoms with Gasteiger partial charge in [-0.05, 0) is 63.2 Å². The second kappa shape index (κ2) is 10.6. The predicted octanol–water partition coefficient (Wildman–Crippen LogP) is 2.22. The van der Waals surface area contributed by atoms with E-state index in [9.17, 15) is 17.6 Å². The maximum atomic E-state index is 13.0.